The molecule has 0 fully saturated rings. The van der Waals surface area contributed by atoms with Crippen molar-refractivity contribution in [3.05, 3.63) is 41.5 Å². The summed E-state index contributed by atoms with van der Waals surface area (Å²) < 4.78 is 0. The van der Waals surface area contributed by atoms with Crippen molar-refractivity contribution in [1.29, 1.82) is 5.26 Å². The highest BCUT2D eigenvalue weighted by Crippen LogP contribution is 2.19. The third kappa shape index (κ3) is 3.77. The van der Waals surface area contributed by atoms with E-state index in [1.807, 2.05) is 18.2 Å². The van der Waals surface area contributed by atoms with Gasteiger partial charge < -0.3 is 0 Å². The minimum absolute atomic E-state index is 0.494. The third-order valence-electron chi connectivity index (χ3n) is 2.06. The Labute approximate surface area is 96.0 Å². The van der Waals surface area contributed by atoms with Gasteiger partial charge in [0.05, 0.1) is 11.1 Å². The van der Waals surface area contributed by atoms with E-state index in [1.165, 1.54) is 11.6 Å². The van der Waals surface area contributed by atoms with Crippen molar-refractivity contribution in [2.24, 2.45) is 5.92 Å². The summed E-state index contributed by atoms with van der Waals surface area (Å²) in [5.74, 6) is 0.654. The van der Waals surface area contributed by atoms with E-state index in [0.29, 0.717) is 11.0 Å². The minimum atomic E-state index is 0.494. The van der Waals surface area contributed by atoms with Crippen LogP contribution in [0.25, 0.3) is 5.03 Å². The van der Waals surface area contributed by atoms with Gasteiger partial charge in [-0.05, 0) is 23.5 Å². The zero-order valence-electron chi connectivity index (χ0n) is 9.00. The van der Waals surface area contributed by atoms with Gasteiger partial charge in [-0.2, -0.15) is 5.26 Å². The normalized spacial score (nSPS) is 11.5. The SMILES string of the molecule is CC(C)Cc1ccc(/C(Cl)=C/C#N)cc1. The van der Waals surface area contributed by atoms with Crippen molar-refractivity contribution in [2.75, 3.05) is 0 Å². The molecule has 0 atom stereocenters. The Morgan fingerprint density at radius 2 is 2.00 bits per heavy atom. The van der Waals surface area contributed by atoms with Gasteiger partial charge in [-0.3, -0.25) is 0 Å². The summed E-state index contributed by atoms with van der Waals surface area (Å²) in [6.45, 7) is 4.38. The standard InChI is InChI=1S/C13H14ClN/c1-10(2)9-11-3-5-12(6-4-11)13(14)7-8-15/h3-7,10H,9H2,1-2H3/b13-7-. The second-order valence-corrected chi connectivity index (χ2v) is 4.32. The van der Waals surface area contributed by atoms with Gasteiger partial charge in [0.15, 0.2) is 0 Å². The van der Waals surface area contributed by atoms with Crippen molar-refractivity contribution in [2.45, 2.75) is 20.3 Å². The molecule has 0 amide bonds. The summed E-state index contributed by atoms with van der Waals surface area (Å²) in [5, 5.41) is 8.95. The van der Waals surface area contributed by atoms with Gasteiger partial charge in [0.1, 0.15) is 0 Å². The van der Waals surface area contributed by atoms with Gasteiger partial charge in [0.25, 0.3) is 0 Å². The van der Waals surface area contributed by atoms with Gasteiger partial charge in [-0.15, -0.1) is 0 Å². The molecule has 0 aromatic heterocycles. The highest BCUT2D eigenvalue weighted by Gasteiger charge is 2.00. The highest BCUT2D eigenvalue weighted by atomic mass is 35.5. The van der Waals surface area contributed by atoms with Crippen LogP contribution in [0.3, 0.4) is 0 Å². The zero-order valence-corrected chi connectivity index (χ0v) is 9.75. The predicted molar refractivity (Wildman–Crippen MR) is 64.4 cm³/mol. The third-order valence-corrected chi connectivity index (χ3v) is 2.39. The van der Waals surface area contributed by atoms with Crippen LogP contribution in [0.15, 0.2) is 30.3 Å². The first-order chi connectivity index (χ1) is 7.13. The van der Waals surface area contributed by atoms with E-state index in [1.54, 1.807) is 0 Å². The molecule has 0 radical (unpaired) electrons. The fraction of sp³-hybridized carbons (Fsp3) is 0.308. The molecule has 0 unspecified atom stereocenters. The van der Waals surface area contributed by atoms with Gasteiger partial charge >= 0.3 is 0 Å². The first kappa shape index (κ1) is 11.8. The van der Waals surface area contributed by atoms with Gasteiger partial charge in [-0.1, -0.05) is 49.7 Å². The van der Waals surface area contributed by atoms with Gasteiger partial charge in [0, 0.05) is 6.08 Å². The molecule has 1 aromatic rings. The van der Waals surface area contributed by atoms with Crippen molar-refractivity contribution < 1.29 is 0 Å². The monoisotopic (exact) mass is 219 g/mol. The Kier molecular flexibility index (Phi) is 4.39. The molecule has 0 aliphatic rings. The number of allylic oxidation sites excluding steroid dienone is 1. The lowest BCUT2D eigenvalue weighted by Gasteiger charge is -2.05. The number of nitrogens with zero attached hydrogens (tertiary/aromatic N) is 1. The second-order valence-electron chi connectivity index (χ2n) is 3.92. The van der Waals surface area contributed by atoms with E-state index in [-0.39, 0.29) is 0 Å². The van der Waals surface area contributed by atoms with Crippen molar-refractivity contribution >= 4 is 16.6 Å². The Balaban J connectivity index is 2.82. The van der Waals surface area contributed by atoms with Crippen LogP contribution in [0.5, 0.6) is 0 Å². The Morgan fingerprint density at radius 3 is 2.47 bits per heavy atom. The molecule has 1 aromatic carbocycles. The largest absolute Gasteiger partial charge is 0.193 e. The van der Waals surface area contributed by atoms with Crippen LogP contribution in [0, 0.1) is 17.2 Å². The summed E-state index contributed by atoms with van der Waals surface area (Å²) in [6.07, 6.45) is 2.42. The maximum Gasteiger partial charge on any atom is 0.0927 e. The second kappa shape index (κ2) is 5.58. The molecule has 78 valence electrons. The van der Waals surface area contributed by atoms with E-state index in [2.05, 4.69) is 26.0 Å². The average molecular weight is 220 g/mol. The molecule has 0 aliphatic carbocycles. The van der Waals surface area contributed by atoms with Crippen LogP contribution in [0.4, 0.5) is 0 Å². The summed E-state index contributed by atoms with van der Waals surface area (Å²) in [6, 6.07) is 9.94. The molecular formula is C13H14ClN. The van der Waals surface area contributed by atoms with Crippen molar-refractivity contribution in [1.82, 2.24) is 0 Å². The van der Waals surface area contributed by atoms with Gasteiger partial charge in [0.2, 0.25) is 0 Å². The molecule has 15 heavy (non-hydrogen) atoms. The van der Waals surface area contributed by atoms with Crippen molar-refractivity contribution in [3.8, 4) is 6.07 Å². The molecule has 1 nitrogen and oxygen atoms in total. The van der Waals surface area contributed by atoms with E-state index in [4.69, 9.17) is 16.9 Å². The van der Waals surface area contributed by atoms with Crippen LogP contribution in [0.1, 0.15) is 25.0 Å². The maximum absolute atomic E-state index is 8.46. The minimum Gasteiger partial charge on any atom is -0.193 e. The van der Waals surface area contributed by atoms with E-state index >= 15 is 0 Å². The number of benzene rings is 1. The smallest absolute Gasteiger partial charge is 0.0927 e. The molecule has 2 heteroatoms. The summed E-state index contributed by atoms with van der Waals surface area (Å²) in [4.78, 5) is 0. The zero-order chi connectivity index (χ0) is 11.3. The first-order valence-corrected chi connectivity index (χ1v) is 5.36. The van der Waals surface area contributed by atoms with Crippen LogP contribution < -0.4 is 0 Å². The lowest BCUT2D eigenvalue weighted by Crippen LogP contribution is -1.93. The number of rotatable bonds is 3. The van der Waals surface area contributed by atoms with Crippen LogP contribution in [-0.4, -0.2) is 0 Å². The van der Waals surface area contributed by atoms with Crippen LogP contribution >= 0.6 is 11.6 Å². The van der Waals surface area contributed by atoms with Crippen LogP contribution in [0.2, 0.25) is 0 Å². The van der Waals surface area contributed by atoms with Crippen LogP contribution in [-0.2, 0) is 6.42 Å². The predicted octanol–water partition coefficient (Wildman–Crippen LogP) is 3.99. The lowest BCUT2D eigenvalue weighted by atomic mass is 10.0. The summed E-state index contributed by atoms with van der Waals surface area (Å²) in [5.41, 5.74) is 2.20. The molecule has 0 saturated carbocycles. The Bertz CT molecular complexity index is 382. The number of nitriles is 1. The lowest BCUT2D eigenvalue weighted by molar-refractivity contribution is 0.647. The number of hydrogen-bond acceptors (Lipinski definition) is 1. The maximum atomic E-state index is 8.46. The van der Waals surface area contributed by atoms with E-state index in [9.17, 15) is 0 Å². The fourth-order valence-corrected chi connectivity index (χ4v) is 1.59. The number of halogens is 1. The van der Waals surface area contributed by atoms with E-state index < -0.39 is 0 Å². The van der Waals surface area contributed by atoms with E-state index in [0.717, 1.165) is 12.0 Å². The highest BCUT2D eigenvalue weighted by molar-refractivity contribution is 6.48. The molecule has 0 spiro atoms. The molecule has 0 aliphatic heterocycles. The Morgan fingerprint density at radius 1 is 1.40 bits per heavy atom. The fourth-order valence-electron chi connectivity index (χ4n) is 1.41. The summed E-state index contributed by atoms with van der Waals surface area (Å²) in [7, 11) is 0. The Hall–Kier alpha value is -1.26. The average Bonchev–Trinajstić information content (AvgIpc) is 2.18. The van der Waals surface area contributed by atoms with Crippen molar-refractivity contribution in [3.63, 3.8) is 0 Å². The molecule has 1 rings (SSSR count). The quantitative estimate of drug-likeness (QED) is 0.706. The summed E-state index contributed by atoms with van der Waals surface area (Å²) >= 11 is 5.90. The van der Waals surface area contributed by atoms with Gasteiger partial charge in [-0.25, -0.2) is 0 Å². The molecule has 0 N–H and O–H groups in total. The topological polar surface area (TPSA) is 23.8 Å². The molecular weight excluding hydrogens is 206 g/mol. The molecule has 0 heterocycles. The molecule has 0 bridgehead atoms. The molecule has 0 saturated heterocycles. The number of hydrogen-bond donors (Lipinski definition) is 0. The first-order valence-electron chi connectivity index (χ1n) is 4.98.